The average molecular weight is 319 g/mol. The summed E-state index contributed by atoms with van der Waals surface area (Å²) >= 11 is 5.00. The zero-order chi connectivity index (χ0) is 12.5. The third-order valence-corrected chi connectivity index (χ3v) is 4.60. The number of benzene rings is 2. The molecular formula is C14H11BrN2S. The largest absolute Gasteiger partial charge is 0.313 e. The second-order valence-corrected chi connectivity index (χ2v) is 6.02. The summed E-state index contributed by atoms with van der Waals surface area (Å²) in [6.07, 6.45) is 0. The molecule has 0 saturated carbocycles. The minimum Gasteiger partial charge on any atom is -0.313 e. The molecule has 0 aliphatic carbocycles. The first kappa shape index (κ1) is 11.8. The van der Waals surface area contributed by atoms with Crippen molar-refractivity contribution in [3.8, 4) is 11.1 Å². The molecule has 2 N–H and O–H groups in total. The number of hydrogen-bond donors (Lipinski definition) is 1. The lowest BCUT2D eigenvalue weighted by atomic mass is 10.1. The van der Waals surface area contributed by atoms with Gasteiger partial charge in [0, 0.05) is 5.56 Å². The minimum absolute atomic E-state index is 0.196. The Morgan fingerprint density at radius 3 is 2.56 bits per heavy atom. The molecule has 1 aromatic heterocycles. The number of nitrogens with zero attached hydrogens (tertiary/aromatic N) is 1. The number of aromatic nitrogens is 1. The van der Waals surface area contributed by atoms with E-state index < -0.39 is 0 Å². The molecule has 1 heterocycles. The smallest absolute Gasteiger partial charge is 0.122 e. The van der Waals surface area contributed by atoms with Gasteiger partial charge in [-0.1, -0.05) is 58.4 Å². The fourth-order valence-corrected chi connectivity index (χ4v) is 3.19. The molecule has 0 radical (unpaired) electrons. The van der Waals surface area contributed by atoms with Crippen molar-refractivity contribution in [2.45, 2.75) is 4.95 Å². The van der Waals surface area contributed by atoms with Crippen molar-refractivity contribution in [2.24, 2.45) is 5.73 Å². The fourth-order valence-electron chi connectivity index (χ4n) is 1.93. The molecule has 90 valence electrons. The Bertz CT molecular complexity index is 677. The van der Waals surface area contributed by atoms with Gasteiger partial charge in [0.05, 0.1) is 10.2 Å². The number of halogens is 1. The van der Waals surface area contributed by atoms with Gasteiger partial charge in [-0.2, -0.15) is 0 Å². The summed E-state index contributed by atoms with van der Waals surface area (Å²) in [5.74, 6) is 0. The zero-order valence-corrected chi connectivity index (χ0v) is 11.9. The SMILES string of the molecule is NC(Br)c1nc2c(-c3ccccc3)cccc2s1. The molecule has 1 atom stereocenters. The number of para-hydroxylation sites is 1. The predicted molar refractivity (Wildman–Crippen MR) is 80.9 cm³/mol. The van der Waals surface area contributed by atoms with Gasteiger partial charge >= 0.3 is 0 Å². The van der Waals surface area contributed by atoms with E-state index >= 15 is 0 Å². The molecular weight excluding hydrogens is 308 g/mol. The van der Waals surface area contributed by atoms with E-state index in [4.69, 9.17) is 5.73 Å². The first-order valence-corrected chi connectivity index (χ1v) is 7.33. The normalized spacial score (nSPS) is 12.8. The molecule has 0 saturated heterocycles. The molecule has 0 aliphatic heterocycles. The third kappa shape index (κ3) is 2.07. The lowest BCUT2D eigenvalue weighted by Crippen LogP contribution is -1.99. The van der Waals surface area contributed by atoms with E-state index in [1.54, 1.807) is 11.3 Å². The second kappa shape index (κ2) is 4.80. The van der Waals surface area contributed by atoms with E-state index in [9.17, 15) is 0 Å². The van der Waals surface area contributed by atoms with E-state index in [1.165, 1.54) is 10.3 Å². The van der Waals surface area contributed by atoms with Crippen LogP contribution < -0.4 is 5.73 Å². The summed E-state index contributed by atoms with van der Waals surface area (Å²) in [5, 5.41) is 0.911. The summed E-state index contributed by atoms with van der Waals surface area (Å²) in [6, 6.07) is 16.5. The van der Waals surface area contributed by atoms with Gasteiger partial charge < -0.3 is 5.73 Å². The van der Waals surface area contributed by atoms with Crippen LogP contribution in [0, 0.1) is 0 Å². The molecule has 4 heteroatoms. The Kier molecular flexibility index (Phi) is 3.16. The standard InChI is InChI=1S/C14H11BrN2S/c15-13(16)14-17-12-10(7-4-8-11(12)18-14)9-5-2-1-3-6-9/h1-8,13H,16H2. The summed E-state index contributed by atoms with van der Waals surface area (Å²) in [6.45, 7) is 0. The fraction of sp³-hybridized carbons (Fsp3) is 0.0714. The Balaban J connectivity index is 2.24. The quantitative estimate of drug-likeness (QED) is 0.564. The molecule has 3 rings (SSSR count). The molecule has 0 fully saturated rings. The van der Waals surface area contributed by atoms with Gasteiger partial charge in [0.1, 0.15) is 9.96 Å². The van der Waals surface area contributed by atoms with Gasteiger partial charge in [-0.25, -0.2) is 4.98 Å². The van der Waals surface area contributed by atoms with Gasteiger partial charge in [0.2, 0.25) is 0 Å². The summed E-state index contributed by atoms with van der Waals surface area (Å²) in [4.78, 5) is 4.44. The number of fused-ring (bicyclic) bond motifs is 1. The highest BCUT2D eigenvalue weighted by molar-refractivity contribution is 9.09. The van der Waals surface area contributed by atoms with Gasteiger partial charge in [-0.15, -0.1) is 11.3 Å². The van der Waals surface area contributed by atoms with Crippen LogP contribution in [0.3, 0.4) is 0 Å². The van der Waals surface area contributed by atoms with E-state index in [0.717, 1.165) is 16.1 Å². The number of thiazole rings is 1. The van der Waals surface area contributed by atoms with Crippen molar-refractivity contribution in [1.29, 1.82) is 0 Å². The Labute approximate surface area is 118 Å². The van der Waals surface area contributed by atoms with Crippen molar-refractivity contribution in [3.05, 3.63) is 53.5 Å². The van der Waals surface area contributed by atoms with Crippen LogP contribution in [0.25, 0.3) is 21.3 Å². The molecule has 0 spiro atoms. The molecule has 0 amide bonds. The predicted octanol–water partition coefficient (Wildman–Crippen LogP) is 4.32. The molecule has 3 aromatic rings. The first-order valence-electron chi connectivity index (χ1n) is 5.60. The van der Waals surface area contributed by atoms with Crippen LogP contribution in [-0.4, -0.2) is 4.98 Å². The molecule has 0 bridgehead atoms. The average Bonchev–Trinajstić information content (AvgIpc) is 2.83. The van der Waals surface area contributed by atoms with Crippen molar-refractivity contribution < 1.29 is 0 Å². The van der Waals surface area contributed by atoms with Crippen molar-refractivity contribution >= 4 is 37.5 Å². The van der Waals surface area contributed by atoms with Gasteiger partial charge in [0.15, 0.2) is 0 Å². The summed E-state index contributed by atoms with van der Waals surface area (Å²) in [7, 11) is 0. The van der Waals surface area contributed by atoms with Crippen LogP contribution in [0.15, 0.2) is 48.5 Å². The van der Waals surface area contributed by atoms with E-state index in [-0.39, 0.29) is 4.95 Å². The summed E-state index contributed by atoms with van der Waals surface area (Å²) < 4.78 is 1.17. The van der Waals surface area contributed by atoms with Crippen LogP contribution in [0.5, 0.6) is 0 Å². The van der Waals surface area contributed by atoms with E-state index in [1.807, 2.05) is 18.2 Å². The monoisotopic (exact) mass is 318 g/mol. The molecule has 2 aromatic carbocycles. The second-order valence-electron chi connectivity index (χ2n) is 3.97. The highest BCUT2D eigenvalue weighted by Crippen LogP contribution is 2.34. The van der Waals surface area contributed by atoms with Crippen molar-refractivity contribution in [2.75, 3.05) is 0 Å². The highest BCUT2D eigenvalue weighted by atomic mass is 79.9. The highest BCUT2D eigenvalue weighted by Gasteiger charge is 2.12. The first-order chi connectivity index (χ1) is 8.75. The molecule has 18 heavy (non-hydrogen) atoms. The minimum atomic E-state index is -0.196. The molecule has 0 aliphatic rings. The topological polar surface area (TPSA) is 38.9 Å². The lowest BCUT2D eigenvalue weighted by molar-refractivity contribution is 1.03. The van der Waals surface area contributed by atoms with Gasteiger partial charge in [0.25, 0.3) is 0 Å². The van der Waals surface area contributed by atoms with Crippen LogP contribution in [0.2, 0.25) is 0 Å². The van der Waals surface area contributed by atoms with Crippen LogP contribution in [-0.2, 0) is 0 Å². The molecule has 2 nitrogen and oxygen atoms in total. The van der Waals surface area contributed by atoms with Crippen molar-refractivity contribution in [3.63, 3.8) is 0 Å². The molecule has 1 unspecified atom stereocenters. The third-order valence-electron chi connectivity index (χ3n) is 2.76. The Morgan fingerprint density at radius 2 is 1.83 bits per heavy atom. The van der Waals surface area contributed by atoms with Crippen LogP contribution in [0.1, 0.15) is 9.96 Å². The summed E-state index contributed by atoms with van der Waals surface area (Å²) in [5.41, 5.74) is 9.20. The lowest BCUT2D eigenvalue weighted by Gasteiger charge is -2.01. The van der Waals surface area contributed by atoms with E-state index in [2.05, 4.69) is 51.2 Å². The van der Waals surface area contributed by atoms with Crippen molar-refractivity contribution in [1.82, 2.24) is 4.98 Å². The van der Waals surface area contributed by atoms with Gasteiger partial charge in [-0.05, 0) is 11.6 Å². The number of hydrogen-bond acceptors (Lipinski definition) is 3. The maximum atomic E-state index is 5.83. The van der Waals surface area contributed by atoms with E-state index in [0.29, 0.717) is 0 Å². The van der Waals surface area contributed by atoms with Gasteiger partial charge in [-0.3, -0.25) is 0 Å². The van der Waals surface area contributed by atoms with Crippen LogP contribution >= 0.6 is 27.3 Å². The number of rotatable bonds is 2. The number of nitrogens with two attached hydrogens (primary N) is 1. The Hall–Kier alpha value is -1.23. The van der Waals surface area contributed by atoms with Crippen LogP contribution in [0.4, 0.5) is 0 Å². The maximum absolute atomic E-state index is 5.83. The number of alkyl halides is 1. The maximum Gasteiger partial charge on any atom is 0.122 e. The zero-order valence-electron chi connectivity index (χ0n) is 9.51. The Morgan fingerprint density at radius 1 is 1.06 bits per heavy atom.